The van der Waals surface area contributed by atoms with Gasteiger partial charge in [-0.1, -0.05) is 35.5 Å². The number of esters is 1. The number of para-hydroxylation sites is 2. The van der Waals surface area contributed by atoms with Crippen LogP contribution in [-0.2, 0) is 20.7 Å². The number of rotatable bonds is 5. The van der Waals surface area contributed by atoms with Crippen LogP contribution in [0.15, 0.2) is 59.1 Å². The van der Waals surface area contributed by atoms with Crippen molar-refractivity contribution >= 4 is 28.5 Å². The Morgan fingerprint density at radius 2 is 1.68 bits per heavy atom. The van der Waals surface area contributed by atoms with Crippen LogP contribution in [0.1, 0.15) is 5.69 Å². The molecule has 0 spiro atoms. The molecular formula is C21H21N3O4. The molecule has 7 nitrogen and oxygen atoms in total. The predicted molar refractivity (Wildman–Crippen MR) is 104 cm³/mol. The van der Waals surface area contributed by atoms with Gasteiger partial charge in [-0.3, -0.25) is 9.59 Å². The van der Waals surface area contributed by atoms with Gasteiger partial charge >= 0.3 is 5.97 Å². The molecule has 1 aliphatic rings. The molecule has 0 saturated carbocycles. The second-order valence-corrected chi connectivity index (χ2v) is 6.67. The Balaban J connectivity index is 1.25. The highest BCUT2D eigenvalue weighted by molar-refractivity contribution is 5.85. The zero-order chi connectivity index (χ0) is 19.3. The van der Waals surface area contributed by atoms with Crippen LogP contribution in [0.2, 0.25) is 0 Å². The largest absolute Gasteiger partial charge is 0.455 e. The molecule has 144 valence electrons. The Morgan fingerprint density at radius 1 is 0.964 bits per heavy atom. The summed E-state index contributed by atoms with van der Waals surface area (Å²) in [6.07, 6.45) is -0.0217. The van der Waals surface area contributed by atoms with E-state index in [1.165, 1.54) is 0 Å². The lowest BCUT2D eigenvalue weighted by Gasteiger charge is -2.36. The summed E-state index contributed by atoms with van der Waals surface area (Å²) in [4.78, 5) is 28.4. The number of carbonyl (C=O) groups excluding carboxylic acids is 2. The maximum Gasteiger partial charge on any atom is 0.312 e. The van der Waals surface area contributed by atoms with Crippen LogP contribution in [0.5, 0.6) is 0 Å². The summed E-state index contributed by atoms with van der Waals surface area (Å²) < 4.78 is 10.3. The number of ether oxygens (including phenoxy) is 1. The van der Waals surface area contributed by atoms with Gasteiger partial charge in [-0.2, -0.15) is 0 Å². The van der Waals surface area contributed by atoms with Gasteiger partial charge in [0.1, 0.15) is 5.69 Å². The molecule has 0 unspecified atom stereocenters. The Hall–Kier alpha value is -3.35. The number of hydrogen-bond donors (Lipinski definition) is 0. The van der Waals surface area contributed by atoms with E-state index in [4.69, 9.17) is 9.26 Å². The molecule has 0 bridgehead atoms. The molecule has 0 radical (unpaired) electrons. The quantitative estimate of drug-likeness (QED) is 0.633. The lowest BCUT2D eigenvalue weighted by Crippen LogP contribution is -2.49. The van der Waals surface area contributed by atoms with Crippen LogP contribution in [0, 0.1) is 0 Å². The smallest absolute Gasteiger partial charge is 0.312 e. The minimum atomic E-state index is -0.490. The molecule has 2 heterocycles. The summed E-state index contributed by atoms with van der Waals surface area (Å²) in [7, 11) is 0. The molecule has 4 rings (SSSR count). The fourth-order valence-corrected chi connectivity index (χ4v) is 3.34. The van der Waals surface area contributed by atoms with Crippen molar-refractivity contribution in [3.8, 4) is 0 Å². The van der Waals surface area contributed by atoms with E-state index < -0.39 is 5.97 Å². The van der Waals surface area contributed by atoms with Crippen molar-refractivity contribution in [2.24, 2.45) is 0 Å². The number of benzene rings is 2. The number of piperazine rings is 1. The first kappa shape index (κ1) is 18.0. The molecule has 1 saturated heterocycles. The van der Waals surface area contributed by atoms with Crippen LogP contribution in [0.3, 0.4) is 0 Å². The van der Waals surface area contributed by atoms with E-state index in [0.29, 0.717) is 24.4 Å². The second kappa shape index (κ2) is 8.12. The molecule has 2 aromatic carbocycles. The number of carbonyl (C=O) groups is 2. The molecule has 0 N–H and O–H groups in total. The van der Waals surface area contributed by atoms with Crippen molar-refractivity contribution < 1.29 is 18.8 Å². The number of nitrogens with zero attached hydrogens (tertiary/aromatic N) is 3. The molecule has 1 aliphatic heterocycles. The first-order valence-electron chi connectivity index (χ1n) is 9.27. The Morgan fingerprint density at radius 3 is 2.46 bits per heavy atom. The molecule has 1 amide bonds. The molecular weight excluding hydrogens is 358 g/mol. The fourth-order valence-electron chi connectivity index (χ4n) is 3.34. The topological polar surface area (TPSA) is 75.9 Å². The van der Waals surface area contributed by atoms with Crippen LogP contribution in [0.25, 0.3) is 11.0 Å². The average molecular weight is 379 g/mol. The second-order valence-electron chi connectivity index (χ2n) is 6.67. The van der Waals surface area contributed by atoms with E-state index in [0.717, 1.165) is 24.2 Å². The highest BCUT2D eigenvalue weighted by Crippen LogP contribution is 2.18. The van der Waals surface area contributed by atoms with Gasteiger partial charge in [0.25, 0.3) is 5.91 Å². The van der Waals surface area contributed by atoms with Gasteiger partial charge in [-0.25, -0.2) is 0 Å². The van der Waals surface area contributed by atoms with Gasteiger partial charge in [0, 0.05) is 37.3 Å². The number of fused-ring (bicyclic) bond motifs is 1. The normalized spacial score (nSPS) is 14.3. The molecule has 1 fully saturated rings. The summed E-state index contributed by atoms with van der Waals surface area (Å²) in [6, 6.07) is 17.4. The molecule has 0 atom stereocenters. The van der Waals surface area contributed by atoms with E-state index >= 15 is 0 Å². The zero-order valence-corrected chi connectivity index (χ0v) is 15.4. The molecule has 0 aliphatic carbocycles. The van der Waals surface area contributed by atoms with Crippen LogP contribution in [0.4, 0.5) is 5.69 Å². The van der Waals surface area contributed by atoms with Gasteiger partial charge in [-0.15, -0.1) is 0 Å². The minimum Gasteiger partial charge on any atom is -0.455 e. The molecule has 1 aromatic heterocycles. The number of anilines is 1. The molecule has 3 aromatic rings. The van der Waals surface area contributed by atoms with Crippen molar-refractivity contribution in [3.05, 3.63) is 60.3 Å². The fraction of sp³-hybridized carbons (Fsp3) is 0.286. The molecule has 7 heteroatoms. The van der Waals surface area contributed by atoms with Crippen molar-refractivity contribution in [2.45, 2.75) is 6.42 Å². The third-order valence-corrected chi connectivity index (χ3v) is 4.87. The highest BCUT2D eigenvalue weighted by atomic mass is 16.5. The van der Waals surface area contributed by atoms with Gasteiger partial charge in [0.05, 0.1) is 6.42 Å². The van der Waals surface area contributed by atoms with E-state index in [9.17, 15) is 9.59 Å². The van der Waals surface area contributed by atoms with Gasteiger partial charge in [0.15, 0.2) is 12.2 Å². The van der Waals surface area contributed by atoms with Crippen molar-refractivity contribution in [3.63, 3.8) is 0 Å². The SMILES string of the molecule is O=C(Cc1noc2ccccc12)OCC(=O)N1CCN(c2ccccc2)CC1. The van der Waals surface area contributed by atoms with Gasteiger partial charge in [-0.05, 0) is 24.3 Å². The minimum absolute atomic E-state index is 0.0217. The molecule has 28 heavy (non-hydrogen) atoms. The standard InChI is InChI=1S/C21H21N3O4/c25-20(24-12-10-23(11-13-24)16-6-2-1-3-7-16)15-27-21(26)14-18-17-8-4-5-9-19(17)28-22-18/h1-9H,10-15H2. The van der Waals surface area contributed by atoms with Crippen LogP contribution >= 0.6 is 0 Å². The zero-order valence-electron chi connectivity index (χ0n) is 15.4. The maximum atomic E-state index is 12.4. The number of amides is 1. The first-order valence-corrected chi connectivity index (χ1v) is 9.27. The summed E-state index contributed by atoms with van der Waals surface area (Å²) in [5.74, 6) is -0.665. The number of aromatic nitrogens is 1. The van der Waals surface area contributed by atoms with E-state index in [2.05, 4.69) is 22.2 Å². The lowest BCUT2D eigenvalue weighted by atomic mass is 10.2. The van der Waals surface area contributed by atoms with E-state index in [-0.39, 0.29) is 18.9 Å². The van der Waals surface area contributed by atoms with Crippen LogP contribution < -0.4 is 4.90 Å². The lowest BCUT2D eigenvalue weighted by molar-refractivity contribution is -0.151. The summed E-state index contributed by atoms with van der Waals surface area (Å²) in [5.41, 5.74) is 2.29. The van der Waals surface area contributed by atoms with E-state index in [1.54, 1.807) is 11.0 Å². The summed E-state index contributed by atoms with van der Waals surface area (Å²) in [6.45, 7) is 2.49. The van der Waals surface area contributed by atoms with Gasteiger partial charge in [0.2, 0.25) is 0 Å². The highest BCUT2D eigenvalue weighted by Gasteiger charge is 2.22. The predicted octanol–water partition coefficient (Wildman–Crippen LogP) is 2.26. The maximum absolute atomic E-state index is 12.4. The first-order chi connectivity index (χ1) is 13.7. The van der Waals surface area contributed by atoms with Crippen molar-refractivity contribution in [2.75, 3.05) is 37.7 Å². The third-order valence-electron chi connectivity index (χ3n) is 4.87. The van der Waals surface area contributed by atoms with E-state index in [1.807, 2.05) is 36.4 Å². The average Bonchev–Trinajstić information content (AvgIpc) is 3.15. The monoisotopic (exact) mass is 379 g/mol. The Kier molecular flexibility index (Phi) is 5.23. The van der Waals surface area contributed by atoms with Crippen molar-refractivity contribution in [1.29, 1.82) is 0 Å². The Bertz CT molecular complexity index is 962. The summed E-state index contributed by atoms with van der Waals surface area (Å²) in [5, 5.41) is 4.69. The Labute approximate surface area is 162 Å². The summed E-state index contributed by atoms with van der Waals surface area (Å²) >= 11 is 0. The third kappa shape index (κ3) is 3.98. The van der Waals surface area contributed by atoms with Crippen LogP contribution in [-0.4, -0.2) is 54.7 Å². The van der Waals surface area contributed by atoms with Gasteiger partial charge < -0.3 is 19.1 Å². The van der Waals surface area contributed by atoms with Crippen molar-refractivity contribution in [1.82, 2.24) is 10.1 Å². The number of hydrogen-bond acceptors (Lipinski definition) is 6.